The Bertz CT molecular complexity index is 2880. The highest BCUT2D eigenvalue weighted by Crippen LogP contribution is 2.41. The third-order valence-electron chi connectivity index (χ3n) is 15.6. The topological polar surface area (TPSA) is 335 Å². The van der Waals surface area contributed by atoms with Gasteiger partial charge in [0.2, 0.25) is 29.5 Å². The largest absolute Gasteiger partial charge is 0.480 e. The van der Waals surface area contributed by atoms with Crippen LogP contribution in [-0.2, 0) is 49.7 Å². The summed E-state index contributed by atoms with van der Waals surface area (Å²) in [6, 6.07) is 9.06. The number of halogens is 2. The first kappa shape index (κ1) is 68.9. The molecule has 1 saturated carbocycles. The summed E-state index contributed by atoms with van der Waals surface area (Å²) in [6.07, 6.45) is 7.54. The smallest absolute Gasteiger partial charge is 0.326 e. The fraction of sp³-hybridized carbons (Fsp3) is 0.548. The maximum atomic E-state index is 15.2. The van der Waals surface area contributed by atoms with Crippen molar-refractivity contribution >= 4 is 59.1 Å². The Balaban J connectivity index is 1.10. The molecule has 3 aromatic rings. The maximum Gasteiger partial charge on any atom is 0.326 e. The minimum absolute atomic E-state index is 0.00583. The number of ketones is 1. The molecule has 1 fully saturated rings. The number of aliphatic hydroxyl groups is 1. The standard InChI is InChI=1S/C62H86F2N10O12/c1-38(2)55(71-51(77)19-10-7-13-29-73-52(78)24-25-53(73)79)50(76)33-40(17-14-28-68-61(66)86)58(82)70-48(60(84)85)18-11-12-27-67-57(81)41-20-22-44(31-41)69-59(83)47(65)26-30-74(54(80)37-75)56(62(3,4)5)49-32-42(45-34-43(63)21-23-46(45)64)36-72(49)35-39-15-8-6-9-16-39/h6,8-9,15-16,21,23-25,32,34,36,38,40-41,44,47-48,55-56,75H,7,10-14,17-20,22,26-31,33,35,37,65H2,1-5H3,(H,67,81)(H,69,83)(H,70,82)(H,71,77)(H,84,85)(H3,66,68,86)/t40-,41-,44+,47+,48+,55+,56+/m1/s1. The van der Waals surface area contributed by atoms with Crippen LogP contribution in [0, 0.1) is 34.8 Å². The monoisotopic (exact) mass is 1200 g/mol. The molecule has 0 unspecified atom stereocenters. The number of nitrogens with zero attached hydrogens (tertiary/aromatic N) is 3. The number of hydrogen-bond donors (Lipinski definition) is 9. The van der Waals surface area contributed by atoms with Gasteiger partial charge in [0.1, 0.15) is 24.3 Å². The summed E-state index contributed by atoms with van der Waals surface area (Å²) in [5.74, 6) is -8.08. The lowest BCUT2D eigenvalue weighted by molar-refractivity contribution is -0.143. The number of aromatic nitrogens is 1. The predicted octanol–water partition coefficient (Wildman–Crippen LogP) is 4.90. The molecule has 86 heavy (non-hydrogen) atoms. The van der Waals surface area contributed by atoms with Gasteiger partial charge in [0.15, 0.2) is 5.78 Å². The van der Waals surface area contributed by atoms with Crippen LogP contribution in [0.5, 0.6) is 0 Å². The van der Waals surface area contributed by atoms with E-state index in [-0.39, 0.29) is 106 Å². The van der Waals surface area contributed by atoms with Crippen molar-refractivity contribution in [2.24, 2.45) is 34.6 Å². The van der Waals surface area contributed by atoms with E-state index in [4.69, 9.17) is 11.5 Å². The number of aliphatic hydroxyl groups excluding tert-OH is 1. The number of nitrogens with one attached hydrogen (secondary N) is 5. The van der Waals surface area contributed by atoms with Crippen LogP contribution in [0.2, 0.25) is 0 Å². The number of carboxylic acids is 1. The van der Waals surface area contributed by atoms with E-state index in [9.17, 15) is 62.5 Å². The van der Waals surface area contributed by atoms with Crippen molar-refractivity contribution in [1.82, 2.24) is 41.0 Å². The Morgan fingerprint density at radius 2 is 1.51 bits per heavy atom. The first-order valence-corrected chi connectivity index (χ1v) is 29.6. The number of Topliss-reactive ketones (excluding diaryl/α,β-unsaturated/α-hetero) is 1. The molecule has 470 valence electrons. The summed E-state index contributed by atoms with van der Waals surface area (Å²) in [5, 5.41) is 34.0. The van der Waals surface area contributed by atoms with Gasteiger partial charge in [-0.15, -0.1) is 0 Å². The van der Waals surface area contributed by atoms with Crippen LogP contribution in [0.1, 0.15) is 142 Å². The van der Waals surface area contributed by atoms with Gasteiger partial charge in [0, 0.05) is 98.6 Å². The van der Waals surface area contributed by atoms with Gasteiger partial charge in [-0.1, -0.05) is 71.4 Å². The average Bonchev–Trinajstić information content (AvgIpc) is 1.98. The number of nitrogens with two attached hydrogens (primary N) is 2. The summed E-state index contributed by atoms with van der Waals surface area (Å²) >= 11 is 0. The second-order valence-corrected chi connectivity index (χ2v) is 23.8. The first-order valence-electron chi connectivity index (χ1n) is 29.6. The number of carbonyl (C=O) groups is 10. The van der Waals surface area contributed by atoms with E-state index in [2.05, 4.69) is 26.6 Å². The highest BCUT2D eigenvalue weighted by molar-refractivity contribution is 6.12. The van der Waals surface area contributed by atoms with E-state index in [1.165, 1.54) is 17.1 Å². The Labute approximate surface area is 501 Å². The van der Waals surface area contributed by atoms with Crippen molar-refractivity contribution in [3.8, 4) is 11.1 Å². The number of urea groups is 1. The summed E-state index contributed by atoms with van der Waals surface area (Å²) in [6.45, 7) is 9.13. The van der Waals surface area contributed by atoms with Crippen LogP contribution in [0.15, 0.2) is 72.9 Å². The molecule has 11 N–H and O–H groups in total. The van der Waals surface area contributed by atoms with E-state index in [0.29, 0.717) is 62.7 Å². The highest BCUT2D eigenvalue weighted by atomic mass is 19.1. The molecule has 9 amide bonds. The molecular weight excluding hydrogens is 1110 g/mol. The second kappa shape index (κ2) is 33.2. The van der Waals surface area contributed by atoms with Crippen LogP contribution in [0.3, 0.4) is 0 Å². The van der Waals surface area contributed by atoms with Gasteiger partial charge in [-0.25, -0.2) is 18.4 Å². The van der Waals surface area contributed by atoms with Crippen LogP contribution < -0.4 is 38.1 Å². The van der Waals surface area contributed by atoms with Crippen LogP contribution in [0.25, 0.3) is 11.1 Å². The number of unbranched alkanes of at least 4 members (excludes halogenated alkanes) is 3. The number of aliphatic carboxylic acids is 1. The molecule has 22 nitrogen and oxygen atoms in total. The SMILES string of the molecule is CC(C)[C@H](NC(=O)CCCCCN1C(=O)C=CC1=O)C(=O)C[C@@H](CCCNC(N)=O)C(=O)N[C@@H](CCCCNC(=O)[C@@H]1CC[C@H](NC(=O)[C@@H](N)CCN(C(=O)CO)[C@@H](c2cc(-c3cc(F)ccc3F)cn2Cc2ccccc2)C(C)(C)C)C1)C(=O)O. The van der Waals surface area contributed by atoms with Crippen LogP contribution in [0.4, 0.5) is 13.6 Å². The maximum absolute atomic E-state index is 15.2. The molecule has 1 aromatic heterocycles. The Kier molecular flexibility index (Phi) is 26.6. The van der Waals surface area contributed by atoms with Gasteiger partial charge in [-0.3, -0.25) is 43.3 Å². The highest BCUT2D eigenvalue weighted by Gasteiger charge is 2.39. The lowest BCUT2D eigenvalue weighted by Gasteiger charge is -2.41. The number of rotatable bonds is 35. The molecule has 1 aliphatic carbocycles. The number of carbonyl (C=O) groups excluding carboxylic acids is 9. The average molecular weight is 1200 g/mol. The van der Waals surface area contributed by atoms with E-state index in [1.54, 1.807) is 26.1 Å². The molecule has 0 radical (unpaired) electrons. The molecule has 2 aliphatic rings. The molecular formula is C62H86F2N10O12. The van der Waals surface area contributed by atoms with Gasteiger partial charge in [0.05, 0.1) is 18.1 Å². The Morgan fingerprint density at radius 3 is 2.16 bits per heavy atom. The van der Waals surface area contributed by atoms with E-state index in [0.717, 1.165) is 28.7 Å². The third kappa shape index (κ3) is 21.0. The van der Waals surface area contributed by atoms with Crippen molar-refractivity contribution in [1.29, 1.82) is 0 Å². The normalized spacial score (nSPS) is 16.7. The Hall–Kier alpha value is -7.86. The number of benzene rings is 2. The molecule has 2 aromatic carbocycles. The van der Waals surface area contributed by atoms with E-state index < -0.39 is 101 Å². The zero-order valence-corrected chi connectivity index (χ0v) is 49.9. The molecule has 5 rings (SSSR count). The zero-order chi connectivity index (χ0) is 63.3. The molecule has 24 heteroatoms. The molecule has 1 aliphatic heterocycles. The van der Waals surface area contributed by atoms with Crippen LogP contribution in [-0.4, -0.2) is 141 Å². The summed E-state index contributed by atoms with van der Waals surface area (Å²) < 4.78 is 31.6. The summed E-state index contributed by atoms with van der Waals surface area (Å²) in [5.41, 5.74) is 12.9. The molecule has 7 atom stereocenters. The molecule has 0 bridgehead atoms. The molecule has 2 heterocycles. The zero-order valence-electron chi connectivity index (χ0n) is 49.9. The van der Waals surface area contributed by atoms with Crippen molar-refractivity contribution in [3.05, 3.63) is 95.8 Å². The van der Waals surface area contributed by atoms with Crippen molar-refractivity contribution in [2.45, 2.75) is 161 Å². The lowest BCUT2D eigenvalue weighted by Crippen LogP contribution is -2.49. The van der Waals surface area contributed by atoms with Crippen molar-refractivity contribution < 1.29 is 66.9 Å². The van der Waals surface area contributed by atoms with E-state index in [1.807, 2.05) is 55.7 Å². The van der Waals surface area contributed by atoms with Crippen molar-refractivity contribution in [3.63, 3.8) is 0 Å². The Morgan fingerprint density at radius 1 is 0.814 bits per heavy atom. The lowest BCUT2D eigenvalue weighted by atomic mass is 9.82. The fourth-order valence-electron chi connectivity index (χ4n) is 11.0. The van der Waals surface area contributed by atoms with Crippen molar-refractivity contribution in [2.75, 3.05) is 32.8 Å². The minimum Gasteiger partial charge on any atom is -0.480 e. The van der Waals surface area contributed by atoms with Gasteiger partial charge in [0.25, 0.3) is 11.8 Å². The number of amides is 9. The second-order valence-electron chi connectivity index (χ2n) is 23.8. The predicted molar refractivity (Wildman–Crippen MR) is 316 cm³/mol. The van der Waals surface area contributed by atoms with Gasteiger partial charge in [-0.05, 0) is 112 Å². The number of imide groups is 1. The number of hydrogen-bond acceptors (Lipinski definition) is 12. The summed E-state index contributed by atoms with van der Waals surface area (Å²) in [7, 11) is 0. The third-order valence-corrected chi connectivity index (χ3v) is 15.6. The van der Waals surface area contributed by atoms with Crippen LogP contribution >= 0.6 is 0 Å². The quantitative estimate of drug-likeness (QED) is 0.0280. The summed E-state index contributed by atoms with van der Waals surface area (Å²) in [4.78, 5) is 131. The van der Waals surface area contributed by atoms with Gasteiger partial charge < -0.3 is 57.7 Å². The van der Waals surface area contributed by atoms with E-state index >= 15 is 4.39 Å². The van der Waals surface area contributed by atoms with Gasteiger partial charge >= 0.3 is 12.0 Å². The van der Waals surface area contributed by atoms with Gasteiger partial charge in [-0.2, -0.15) is 0 Å². The fourth-order valence-corrected chi connectivity index (χ4v) is 11.0. The first-order chi connectivity index (χ1) is 40.8. The number of carboxylic acid groups (broad SMARTS) is 1. The number of primary amides is 1. The molecule has 0 spiro atoms. The molecule has 0 saturated heterocycles. The minimum atomic E-state index is -1.34.